The van der Waals surface area contributed by atoms with Crippen molar-refractivity contribution in [3.8, 4) is 0 Å². The van der Waals surface area contributed by atoms with E-state index in [0.29, 0.717) is 5.82 Å². The zero-order chi connectivity index (χ0) is 12.6. The van der Waals surface area contributed by atoms with E-state index in [0.717, 1.165) is 18.2 Å². The van der Waals surface area contributed by atoms with Crippen LogP contribution in [0, 0.1) is 5.82 Å². The molecule has 1 aromatic rings. The number of halogens is 4. The number of nitrogens with two attached hydrogens (primary N) is 1. The van der Waals surface area contributed by atoms with Crippen molar-refractivity contribution in [1.29, 1.82) is 0 Å². The molecule has 0 saturated carbocycles. The van der Waals surface area contributed by atoms with Gasteiger partial charge in [-0.05, 0) is 29.8 Å². The summed E-state index contributed by atoms with van der Waals surface area (Å²) in [6.45, 7) is 0.248. The Morgan fingerprint density at radius 2 is 2.00 bits per heavy atom. The summed E-state index contributed by atoms with van der Waals surface area (Å²) in [5, 5.41) is 2.72. The van der Waals surface area contributed by atoms with E-state index in [-0.39, 0.29) is 12.1 Å². The van der Waals surface area contributed by atoms with Gasteiger partial charge in [0.1, 0.15) is 5.82 Å². The predicted octanol–water partition coefficient (Wildman–Crippen LogP) is 2.33. The number of rotatable bonds is 1. The lowest BCUT2D eigenvalue weighted by Gasteiger charge is -2.16. The minimum Gasteiger partial charge on any atom is -0.386 e. The summed E-state index contributed by atoms with van der Waals surface area (Å²) in [5.41, 5.74) is 4.52. The lowest BCUT2D eigenvalue weighted by Crippen LogP contribution is -2.18. The zero-order valence-electron chi connectivity index (χ0n) is 8.68. The average Bonchev–Trinajstić information content (AvgIpc) is 2.62. The maximum Gasteiger partial charge on any atom is 0.416 e. The largest absolute Gasteiger partial charge is 0.416 e. The van der Waals surface area contributed by atoms with Gasteiger partial charge in [-0.3, -0.25) is 0 Å². The Bertz CT molecular complexity index is 465. The highest BCUT2D eigenvalue weighted by molar-refractivity contribution is 5.38. The predicted molar refractivity (Wildman–Crippen MR) is 54.4 cm³/mol. The number of nitrogens with one attached hydrogen (secondary N) is 1. The summed E-state index contributed by atoms with van der Waals surface area (Å²) in [6.07, 6.45) is -3.03. The first kappa shape index (κ1) is 11.8. The molecule has 1 heterocycles. The van der Waals surface area contributed by atoms with Crippen LogP contribution >= 0.6 is 0 Å². The van der Waals surface area contributed by atoms with Crippen LogP contribution in [0.15, 0.2) is 30.1 Å². The molecule has 2 rings (SSSR count). The SMILES string of the molecule is NC1=CC(c2cc(F)ccc2C(F)(F)F)CN1. The molecule has 0 saturated heterocycles. The summed E-state index contributed by atoms with van der Waals surface area (Å²) in [7, 11) is 0. The van der Waals surface area contributed by atoms with Crippen molar-refractivity contribution in [2.45, 2.75) is 12.1 Å². The molecule has 0 bridgehead atoms. The summed E-state index contributed by atoms with van der Waals surface area (Å²) in [4.78, 5) is 0. The Labute approximate surface area is 95.1 Å². The fourth-order valence-electron chi connectivity index (χ4n) is 1.86. The van der Waals surface area contributed by atoms with Gasteiger partial charge in [-0.1, -0.05) is 0 Å². The molecule has 1 aliphatic rings. The molecule has 1 unspecified atom stereocenters. The van der Waals surface area contributed by atoms with E-state index in [1.54, 1.807) is 0 Å². The average molecular weight is 246 g/mol. The number of hydrogen-bond acceptors (Lipinski definition) is 2. The number of benzene rings is 1. The number of alkyl halides is 3. The van der Waals surface area contributed by atoms with Gasteiger partial charge < -0.3 is 11.1 Å². The van der Waals surface area contributed by atoms with Crippen molar-refractivity contribution >= 4 is 0 Å². The van der Waals surface area contributed by atoms with E-state index < -0.39 is 23.5 Å². The van der Waals surface area contributed by atoms with Crippen LogP contribution in [0.2, 0.25) is 0 Å². The van der Waals surface area contributed by atoms with Gasteiger partial charge in [0.2, 0.25) is 0 Å². The molecule has 6 heteroatoms. The van der Waals surface area contributed by atoms with E-state index in [4.69, 9.17) is 5.73 Å². The molecular formula is C11H10F4N2. The van der Waals surface area contributed by atoms with Crippen LogP contribution in [-0.4, -0.2) is 6.54 Å². The van der Waals surface area contributed by atoms with Crippen LogP contribution in [0.4, 0.5) is 17.6 Å². The molecule has 2 nitrogen and oxygen atoms in total. The highest BCUT2D eigenvalue weighted by Gasteiger charge is 2.35. The third-order valence-corrected chi connectivity index (χ3v) is 2.63. The highest BCUT2D eigenvalue weighted by Crippen LogP contribution is 2.36. The quantitative estimate of drug-likeness (QED) is 0.746. The van der Waals surface area contributed by atoms with E-state index in [1.807, 2.05) is 0 Å². The Hall–Kier alpha value is -1.72. The second-order valence-electron chi connectivity index (χ2n) is 3.84. The molecule has 0 aromatic heterocycles. The molecule has 0 radical (unpaired) electrons. The zero-order valence-corrected chi connectivity index (χ0v) is 8.68. The standard InChI is InChI=1S/C11H10F4N2/c12-7-1-2-9(11(13,14)15)8(4-7)6-3-10(16)17-5-6/h1-4,6,17H,5,16H2. The van der Waals surface area contributed by atoms with E-state index in [2.05, 4.69) is 5.32 Å². The third kappa shape index (κ3) is 2.35. The first-order valence-corrected chi connectivity index (χ1v) is 4.96. The van der Waals surface area contributed by atoms with E-state index >= 15 is 0 Å². The van der Waals surface area contributed by atoms with Crippen molar-refractivity contribution in [1.82, 2.24) is 5.32 Å². The lowest BCUT2D eigenvalue weighted by molar-refractivity contribution is -0.138. The summed E-state index contributed by atoms with van der Waals surface area (Å²) in [6, 6.07) is 2.47. The van der Waals surface area contributed by atoms with Crippen molar-refractivity contribution in [3.05, 3.63) is 47.0 Å². The molecule has 17 heavy (non-hydrogen) atoms. The molecule has 0 aliphatic carbocycles. The molecule has 1 atom stereocenters. The Morgan fingerprint density at radius 1 is 1.29 bits per heavy atom. The smallest absolute Gasteiger partial charge is 0.386 e. The number of hydrogen-bond donors (Lipinski definition) is 2. The normalized spacial score (nSPS) is 20.0. The fraction of sp³-hybridized carbons (Fsp3) is 0.273. The first-order chi connectivity index (χ1) is 7.88. The van der Waals surface area contributed by atoms with Crippen LogP contribution in [0.3, 0.4) is 0 Å². The molecule has 0 fully saturated rings. The lowest BCUT2D eigenvalue weighted by atomic mass is 9.94. The second-order valence-corrected chi connectivity index (χ2v) is 3.84. The van der Waals surface area contributed by atoms with Crippen LogP contribution < -0.4 is 11.1 Å². The van der Waals surface area contributed by atoms with Crippen LogP contribution in [-0.2, 0) is 6.18 Å². The summed E-state index contributed by atoms with van der Waals surface area (Å²) >= 11 is 0. The van der Waals surface area contributed by atoms with Crippen LogP contribution in [0.1, 0.15) is 17.0 Å². The highest BCUT2D eigenvalue weighted by atomic mass is 19.4. The van der Waals surface area contributed by atoms with E-state index in [9.17, 15) is 17.6 Å². The van der Waals surface area contributed by atoms with Crippen molar-refractivity contribution < 1.29 is 17.6 Å². The Balaban J connectivity index is 2.48. The van der Waals surface area contributed by atoms with Crippen molar-refractivity contribution in [2.75, 3.05) is 6.54 Å². The summed E-state index contributed by atoms with van der Waals surface area (Å²) < 4.78 is 51.3. The monoisotopic (exact) mass is 246 g/mol. The Morgan fingerprint density at radius 3 is 2.53 bits per heavy atom. The summed E-state index contributed by atoms with van der Waals surface area (Å²) in [5.74, 6) is -0.929. The van der Waals surface area contributed by atoms with Gasteiger partial charge in [-0.2, -0.15) is 13.2 Å². The molecule has 1 aromatic carbocycles. The maximum atomic E-state index is 13.0. The molecule has 92 valence electrons. The second kappa shape index (κ2) is 3.94. The Kier molecular flexibility index (Phi) is 2.73. The van der Waals surface area contributed by atoms with Gasteiger partial charge in [0, 0.05) is 12.5 Å². The van der Waals surface area contributed by atoms with Gasteiger partial charge in [-0.25, -0.2) is 4.39 Å². The van der Waals surface area contributed by atoms with Gasteiger partial charge in [0.25, 0.3) is 0 Å². The molecule has 1 aliphatic heterocycles. The van der Waals surface area contributed by atoms with Gasteiger partial charge >= 0.3 is 6.18 Å². The molecule has 0 amide bonds. The van der Waals surface area contributed by atoms with Crippen LogP contribution in [0.25, 0.3) is 0 Å². The van der Waals surface area contributed by atoms with Gasteiger partial charge in [0.15, 0.2) is 0 Å². The minimum atomic E-state index is -4.49. The van der Waals surface area contributed by atoms with Gasteiger partial charge in [-0.15, -0.1) is 0 Å². The minimum absolute atomic E-state index is 0.0922. The molecule has 0 spiro atoms. The van der Waals surface area contributed by atoms with Crippen molar-refractivity contribution in [3.63, 3.8) is 0 Å². The van der Waals surface area contributed by atoms with E-state index in [1.165, 1.54) is 6.08 Å². The van der Waals surface area contributed by atoms with Crippen molar-refractivity contribution in [2.24, 2.45) is 5.73 Å². The molecular weight excluding hydrogens is 236 g/mol. The molecule has 3 N–H and O–H groups in total. The maximum absolute atomic E-state index is 13.0. The van der Waals surface area contributed by atoms with Gasteiger partial charge in [0.05, 0.1) is 11.4 Å². The fourth-order valence-corrected chi connectivity index (χ4v) is 1.86. The topological polar surface area (TPSA) is 38.0 Å². The van der Waals surface area contributed by atoms with Crippen LogP contribution in [0.5, 0.6) is 0 Å². The third-order valence-electron chi connectivity index (χ3n) is 2.63. The first-order valence-electron chi connectivity index (χ1n) is 4.96.